The number of carbonyl (C=O) groups is 2. The summed E-state index contributed by atoms with van der Waals surface area (Å²) in [5.74, 6) is -0.774. The molecule has 0 aliphatic carbocycles. The Morgan fingerprint density at radius 3 is 2.33 bits per heavy atom. The van der Waals surface area contributed by atoms with Gasteiger partial charge in [-0.15, -0.1) is 0 Å². The van der Waals surface area contributed by atoms with Crippen LogP contribution in [0.5, 0.6) is 0 Å². The Morgan fingerprint density at radius 2 is 1.74 bits per heavy atom. The van der Waals surface area contributed by atoms with E-state index < -0.39 is 17.6 Å². The number of hydrogen-bond donors (Lipinski definition) is 2. The molecular weight excluding hydrogens is 359 g/mol. The summed E-state index contributed by atoms with van der Waals surface area (Å²) in [6, 6.07) is 4.48. The maximum absolute atomic E-state index is 12.7. The summed E-state index contributed by atoms with van der Waals surface area (Å²) in [6.07, 6.45) is -4.22. The van der Waals surface area contributed by atoms with Gasteiger partial charge in [-0.1, -0.05) is 26.8 Å². The van der Waals surface area contributed by atoms with Crippen molar-refractivity contribution in [3.63, 3.8) is 0 Å². The van der Waals surface area contributed by atoms with Gasteiger partial charge in [-0.05, 0) is 37.2 Å². The number of carbonyl (C=O) groups excluding carboxylic acids is 2. The standard InChI is InChI=1S/C19H28F3N3O2/c1-4-25(5-2)10-9-23-17(26)11-14(3)12-18(27)24-16-8-6-7-15(13-16)19(20,21)22/h6-8,13-14H,4-5,9-12H2,1-3H3,(H,23,26)(H,24,27)/t14-/m0/s1. The number of nitrogens with zero attached hydrogens (tertiary/aromatic N) is 1. The molecule has 0 heterocycles. The van der Waals surface area contributed by atoms with Gasteiger partial charge >= 0.3 is 6.18 Å². The Morgan fingerprint density at radius 1 is 1.11 bits per heavy atom. The molecule has 2 N–H and O–H groups in total. The second-order valence-electron chi connectivity index (χ2n) is 6.52. The van der Waals surface area contributed by atoms with Crippen molar-refractivity contribution in [3.05, 3.63) is 29.8 Å². The molecular formula is C19H28F3N3O2. The lowest BCUT2D eigenvalue weighted by molar-refractivity contribution is -0.137. The molecule has 0 aliphatic heterocycles. The van der Waals surface area contributed by atoms with Gasteiger partial charge in [-0.25, -0.2) is 0 Å². The quantitative estimate of drug-likeness (QED) is 0.646. The number of halogens is 3. The SMILES string of the molecule is CCN(CC)CCNC(=O)C[C@H](C)CC(=O)Nc1cccc(C(F)(F)F)c1. The molecule has 0 spiro atoms. The van der Waals surface area contributed by atoms with E-state index in [1.807, 2.05) is 0 Å². The van der Waals surface area contributed by atoms with Gasteiger partial charge in [0.2, 0.25) is 11.8 Å². The Labute approximate surface area is 158 Å². The highest BCUT2D eigenvalue weighted by Gasteiger charge is 2.30. The first-order chi connectivity index (χ1) is 12.7. The van der Waals surface area contributed by atoms with Crippen molar-refractivity contribution in [2.24, 2.45) is 5.92 Å². The number of hydrogen-bond acceptors (Lipinski definition) is 3. The largest absolute Gasteiger partial charge is 0.416 e. The normalized spacial score (nSPS) is 12.7. The van der Waals surface area contributed by atoms with E-state index >= 15 is 0 Å². The Hall–Kier alpha value is -2.09. The molecule has 0 unspecified atom stereocenters. The number of rotatable bonds is 10. The molecule has 8 heteroatoms. The number of anilines is 1. The Bertz CT molecular complexity index is 616. The van der Waals surface area contributed by atoms with Gasteiger partial charge < -0.3 is 15.5 Å². The predicted octanol–water partition coefficient (Wildman–Crippen LogP) is 3.52. The lowest BCUT2D eigenvalue weighted by Gasteiger charge is -2.18. The fourth-order valence-electron chi connectivity index (χ4n) is 2.66. The molecule has 0 radical (unpaired) electrons. The van der Waals surface area contributed by atoms with Crippen LogP contribution in [0, 0.1) is 5.92 Å². The highest BCUT2D eigenvalue weighted by molar-refractivity contribution is 5.91. The van der Waals surface area contributed by atoms with E-state index in [-0.39, 0.29) is 30.4 Å². The first kappa shape index (κ1) is 23.0. The minimum absolute atomic E-state index is 0.0553. The maximum atomic E-state index is 12.7. The van der Waals surface area contributed by atoms with Crippen LogP contribution < -0.4 is 10.6 Å². The van der Waals surface area contributed by atoms with E-state index in [0.717, 1.165) is 31.8 Å². The highest BCUT2D eigenvalue weighted by Crippen LogP contribution is 2.30. The van der Waals surface area contributed by atoms with Gasteiger partial charge in [0.1, 0.15) is 0 Å². The number of alkyl halides is 3. The fraction of sp³-hybridized carbons (Fsp3) is 0.579. The monoisotopic (exact) mass is 387 g/mol. The minimum Gasteiger partial charge on any atom is -0.355 e. The predicted molar refractivity (Wildman–Crippen MR) is 99.3 cm³/mol. The van der Waals surface area contributed by atoms with E-state index in [1.165, 1.54) is 12.1 Å². The lowest BCUT2D eigenvalue weighted by atomic mass is 10.0. The average Bonchev–Trinajstić information content (AvgIpc) is 2.58. The van der Waals surface area contributed by atoms with Crippen molar-refractivity contribution >= 4 is 17.5 Å². The molecule has 0 fully saturated rings. The van der Waals surface area contributed by atoms with Crippen LogP contribution in [0.25, 0.3) is 0 Å². The summed E-state index contributed by atoms with van der Waals surface area (Å²) in [5, 5.41) is 5.28. The molecule has 1 aromatic carbocycles. The molecule has 0 aliphatic rings. The zero-order chi connectivity index (χ0) is 20.4. The summed E-state index contributed by atoms with van der Waals surface area (Å²) in [6.45, 7) is 9.01. The molecule has 27 heavy (non-hydrogen) atoms. The van der Waals surface area contributed by atoms with Gasteiger partial charge in [0, 0.05) is 31.6 Å². The third kappa shape index (κ3) is 8.90. The van der Waals surface area contributed by atoms with E-state index in [1.54, 1.807) is 6.92 Å². The van der Waals surface area contributed by atoms with Crippen LogP contribution in [-0.4, -0.2) is 42.9 Å². The molecule has 5 nitrogen and oxygen atoms in total. The van der Waals surface area contributed by atoms with Gasteiger partial charge in [0.05, 0.1) is 5.56 Å². The molecule has 1 rings (SSSR count). The molecule has 2 amide bonds. The van der Waals surface area contributed by atoms with Gasteiger partial charge in [-0.2, -0.15) is 13.2 Å². The average molecular weight is 387 g/mol. The van der Waals surface area contributed by atoms with Crippen LogP contribution >= 0.6 is 0 Å². The zero-order valence-electron chi connectivity index (χ0n) is 16.0. The summed E-state index contributed by atoms with van der Waals surface area (Å²) in [4.78, 5) is 26.1. The molecule has 1 atom stereocenters. The number of nitrogens with one attached hydrogen (secondary N) is 2. The second kappa shape index (κ2) is 10.9. The van der Waals surface area contributed by atoms with Crippen LogP contribution in [0.3, 0.4) is 0 Å². The van der Waals surface area contributed by atoms with Crippen molar-refractivity contribution in [2.45, 2.75) is 39.8 Å². The summed E-state index contributed by atoms with van der Waals surface area (Å²) < 4.78 is 38.1. The number of benzene rings is 1. The summed E-state index contributed by atoms with van der Waals surface area (Å²) in [7, 11) is 0. The minimum atomic E-state index is -4.46. The molecule has 0 saturated carbocycles. The van der Waals surface area contributed by atoms with Crippen molar-refractivity contribution in [1.82, 2.24) is 10.2 Å². The number of likely N-dealkylation sites (N-methyl/N-ethyl adjacent to an activating group) is 1. The van der Waals surface area contributed by atoms with Crippen LogP contribution in [0.2, 0.25) is 0 Å². The first-order valence-corrected chi connectivity index (χ1v) is 9.11. The number of amides is 2. The third-order valence-electron chi connectivity index (χ3n) is 4.19. The van der Waals surface area contributed by atoms with Crippen molar-refractivity contribution < 1.29 is 22.8 Å². The van der Waals surface area contributed by atoms with Crippen molar-refractivity contribution in [3.8, 4) is 0 Å². The highest BCUT2D eigenvalue weighted by atomic mass is 19.4. The molecule has 0 bridgehead atoms. The van der Waals surface area contributed by atoms with E-state index in [9.17, 15) is 22.8 Å². The van der Waals surface area contributed by atoms with Crippen molar-refractivity contribution in [2.75, 3.05) is 31.5 Å². The van der Waals surface area contributed by atoms with Crippen LogP contribution in [-0.2, 0) is 15.8 Å². The van der Waals surface area contributed by atoms with E-state index in [4.69, 9.17) is 0 Å². The van der Waals surface area contributed by atoms with Crippen LogP contribution in [0.15, 0.2) is 24.3 Å². The molecule has 152 valence electrons. The zero-order valence-corrected chi connectivity index (χ0v) is 16.0. The van der Waals surface area contributed by atoms with Gasteiger partial charge in [-0.3, -0.25) is 9.59 Å². The molecule has 1 aromatic rings. The van der Waals surface area contributed by atoms with Crippen LogP contribution in [0.1, 0.15) is 39.2 Å². The van der Waals surface area contributed by atoms with E-state index in [0.29, 0.717) is 6.54 Å². The maximum Gasteiger partial charge on any atom is 0.416 e. The van der Waals surface area contributed by atoms with Gasteiger partial charge in [0.15, 0.2) is 0 Å². The lowest BCUT2D eigenvalue weighted by Crippen LogP contribution is -2.35. The van der Waals surface area contributed by atoms with Gasteiger partial charge in [0.25, 0.3) is 0 Å². The molecule has 0 saturated heterocycles. The summed E-state index contributed by atoms with van der Waals surface area (Å²) >= 11 is 0. The third-order valence-corrected chi connectivity index (χ3v) is 4.19. The first-order valence-electron chi connectivity index (χ1n) is 9.11. The Kier molecular flexibility index (Phi) is 9.28. The Balaban J connectivity index is 2.41. The van der Waals surface area contributed by atoms with Crippen molar-refractivity contribution in [1.29, 1.82) is 0 Å². The topological polar surface area (TPSA) is 61.4 Å². The van der Waals surface area contributed by atoms with Crippen LogP contribution in [0.4, 0.5) is 18.9 Å². The fourth-order valence-corrected chi connectivity index (χ4v) is 2.66. The molecule has 0 aromatic heterocycles. The van der Waals surface area contributed by atoms with E-state index in [2.05, 4.69) is 29.4 Å². The summed E-state index contributed by atoms with van der Waals surface area (Å²) in [5.41, 5.74) is -0.730. The second-order valence-corrected chi connectivity index (χ2v) is 6.52. The smallest absolute Gasteiger partial charge is 0.355 e.